The average Bonchev–Trinajstić information content (AvgIpc) is 2.61. The van der Waals surface area contributed by atoms with E-state index in [1.54, 1.807) is 27.8 Å². The van der Waals surface area contributed by atoms with Crippen molar-refractivity contribution in [2.24, 2.45) is 13.0 Å². The Morgan fingerprint density at radius 3 is 2.71 bits per heavy atom. The highest BCUT2D eigenvalue weighted by Gasteiger charge is 2.19. The van der Waals surface area contributed by atoms with E-state index in [4.69, 9.17) is 4.74 Å². The van der Waals surface area contributed by atoms with Crippen LogP contribution in [0.3, 0.4) is 0 Å². The lowest BCUT2D eigenvalue weighted by molar-refractivity contribution is -0.118. The summed E-state index contributed by atoms with van der Waals surface area (Å²) in [5.74, 6) is -0.457. The van der Waals surface area contributed by atoms with E-state index in [1.165, 1.54) is 10.9 Å². The van der Waals surface area contributed by atoms with Gasteiger partial charge in [0.05, 0.1) is 12.8 Å². The monoisotopic (exact) mass is 239 g/mol. The first-order valence-corrected chi connectivity index (χ1v) is 5.47. The molecule has 0 bridgehead atoms. The fourth-order valence-electron chi connectivity index (χ4n) is 1.21. The van der Waals surface area contributed by atoms with Crippen LogP contribution in [0.5, 0.6) is 0 Å². The number of hydrogen-bond acceptors (Lipinski definition) is 4. The second-order valence-electron chi connectivity index (χ2n) is 3.89. The molecule has 0 aliphatic rings. The summed E-state index contributed by atoms with van der Waals surface area (Å²) in [6.07, 6.45) is 1.38. The van der Waals surface area contributed by atoms with Crippen molar-refractivity contribution in [1.82, 2.24) is 9.78 Å². The molecule has 0 aliphatic heterocycles. The van der Waals surface area contributed by atoms with Gasteiger partial charge in [-0.15, -0.1) is 0 Å². The molecule has 0 atom stereocenters. The number of nitrogens with one attached hydrogen (secondary N) is 1. The molecule has 17 heavy (non-hydrogen) atoms. The Balaban J connectivity index is 2.94. The van der Waals surface area contributed by atoms with Gasteiger partial charge >= 0.3 is 5.97 Å². The van der Waals surface area contributed by atoms with Crippen LogP contribution in [0, 0.1) is 5.92 Å². The third kappa shape index (κ3) is 3.05. The van der Waals surface area contributed by atoms with Crippen LogP contribution < -0.4 is 5.32 Å². The maximum absolute atomic E-state index is 11.6. The Morgan fingerprint density at radius 2 is 2.18 bits per heavy atom. The molecular weight excluding hydrogens is 222 g/mol. The summed E-state index contributed by atoms with van der Waals surface area (Å²) in [7, 11) is 1.65. The van der Waals surface area contributed by atoms with Gasteiger partial charge in [-0.05, 0) is 6.92 Å². The maximum atomic E-state index is 11.6. The van der Waals surface area contributed by atoms with Crippen LogP contribution in [0.2, 0.25) is 0 Å². The second-order valence-corrected chi connectivity index (χ2v) is 3.89. The summed E-state index contributed by atoms with van der Waals surface area (Å²) in [5, 5.41) is 6.59. The molecular formula is C11H17N3O3. The molecule has 1 heterocycles. The molecule has 1 N–H and O–H groups in total. The van der Waals surface area contributed by atoms with Crippen LogP contribution in [0.1, 0.15) is 31.1 Å². The van der Waals surface area contributed by atoms with E-state index in [9.17, 15) is 9.59 Å². The largest absolute Gasteiger partial charge is 0.462 e. The summed E-state index contributed by atoms with van der Waals surface area (Å²) < 4.78 is 6.32. The predicted molar refractivity (Wildman–Crippen MR) is 62.6 cm³/mol. The minimum absolute atomic E-state index is 0.167. The lowest BCUT2D eigenvalue weighted by atomic mass is 10.2. The van der Waals surface area contributed by atoms with Crippen molar-refractivity contribution in [2.75, 3.05) is 11.9 Å². The van der Waals surface area contributed by atoms with E-state index in [0.29, 0.717) is 5.82 Å². The Kier molecular flexibility index (Phi) is 4.25. The zero-order valence-corrected chi connectivity index (χ0v) is 10.5. The van der Waals surface area contributed by atoms with Gasteiger partial charge in [0.15, 0.2) is 0 Å². The van der Waals surface area contributed by atoms with Crippen molar-refractivity contribution >= 4 is 17.7 Å². The van der Waals surface area contributed by atoms with Crippen LogP contribution in [0.15, 0.2) is 6.20 Å². The fraction of sp³-hybridized carbons (Fsp3) is 0.545. The van der Waals surface area contributed by atoms with Gasteiger partial charge in [0.1, 0.15) is 11.4 Å². The number of nitrogens with zero attached hydrogens (tertiary/aromatic N) is 2. The minimum Gasteiger partial charge on any atom is -0.462 e. The summed E-state index contributed by atoms with van der Waals surface area (Å²) in [5.41, 5.74) is 0.267. The molecule has 6 heteroatoms. The van der Waals surface area contributed by atoms with Gasteiger partial charge < -0.3 is 10.1 Å². The van der Waals surface area contributed by atoms with Crippen molar-refractivity contribution < 1.29 is 14.3 Å². The number of amides is 1. The Bertz CT molecular complexity index is 424. The molecule has 6 nitrogen and oxygen atoms in total. The van der Waals surface area contributed by atoms with Gasteiger partial charge in [-0.1, -0.05) is 13.8 Å². The predicted octanol–water partition coefficient (Wildman–Crippen LogP) is 1.19. The van der Waals surface area contributed by atoms with Gasteiger partial charge in [-0.3, -0.25) is 9.48 Å². The van der Waals surface area contributed by atoms with E-state index in [2.05, 4.69) is 10.4 Å². The molecule has 0 aliphatic carbocycles. The van der Waals surface area contributed by atoms with Crippen LogP contribution in [0.25, 0.3) is 0 Å². The molecule has 0 saturated heterocycles. The quantitative estimate of drug-likeness (QED) is 0.801. The Labute approximate surface area is 99.9 Å². The van der Waals surface area contributed by atoms with Crippen LogP contribution in [0.4, 0.5) is 5.82 Å². The first-order valence-electron chi connectivity index (χ1n) is 5.47. The molecule has 0 unspecified atom stereocenters. The zero-order chi connectivity index (χ0) is 13.0. The van der Waals surface area contributed by atoms with Crippen molar-refractivity contribution in [3.05, 3.63) is 11.8 Å². The molecule has 0 radical (unpaired) electrons. The standard InChI is InChI=1S/C11H17N3O3/c1-5-17-11(16)8-6-12-14(4)9(8)13-10(15)7(2)3/h6-7H,5H2,1-4H3,(H,13,15). The molecule has 0 fully saturated rings. The number of carbonyl (C=O) groups excluding carboxylic acids is 2. The molecule has 1 rings (SSSR count). The van der Waals surface area contributed by atoms with Crippen LogP contribution in [-0.4, -0.2) is 28.3 Å². The first kappa shape index (κ1) is 13.2. The maximum Gasteiger partial charge on any atom is 0.343 e. The lowest BCUT2D eigenvalue weighted by Gasteiger charge is -2.09. The fourth-order valence-corrected chi connectivity index (χ4v) is 1.21. The summed E-state index contributed by atoms with van der Waals surface area (Å²) in [6.45, 7) is 5.55. The first-order chi connectivity index (χ1) is 7.97. The molecule has 1 aromatic rings. The molecule has 0 saturated carbocycles. The smallest absolute Gasteiger partial charge is 0.343 e. The van der Waals surface area contributed by atoms with Crippen molar-refractivity contribution in [2.45, 2.75) is 20.8 Å². The van der Waals surface area contributed by atoms with E-state index in [0.717, 1.165) is 0 Å². The van der Waals surface area contributed by atoms with Gasteiger partial charge in [0, 0.05) is 13.0 Å². The average molecular weight is 239 g/mol. The third-order valence-electron chi connectivity index (χ3n) is 2.20. The number of aromatic nitrogens is 2. The third-order valence-corrected chi connectivity index (χ3v) is 2.20. The number of carbonyl (C=O) groups is 2. The Morgan fingerprint density at radius 1 is 1.53 bits per heavy atom. The van der Waals surface area contributed by atoms with E-state index in [-0.39, 0.29) is 24.0 Å². The van der Waals surface area contributed by atoms with Crippen LogP contribution in [-0.2, 0) is 16.6 Å². The number of esters is 1. The SMILES string of the molecule is CCOC(=O)c1cnn(C)c1NC(=O)C(C)C. The normalized spacial score (nSPS) is 10.4. The summed E-state index contributed by atoms with van der Waals surface area (Å²) >= 11 is 0. The van der Waals surface area contributed by atoms with Crippen LogP contribution >= 0.6 is 0 Å². The number of hydrogen-bond donors (Lipinski definition) is 1. The minimum atomic E-state index is -0.486. The highest BCUT2D eigenvalue weighted by molar-refractivity contribution is 6.00. The number of anilines is 1. The van der Waals surface area contributed by atoms with E-state index >= 15 is 0 Å². The van der Waals surface area contributed by atoms with Crippen molar-refractivity contribution in [3.8, 4) is 0 Å². The molecule has 0 aromatic carbocycles. The van der Waals surface area contributed by atoms with E-state index < -0.39 is 5.97 Å². The number of aryl methyl sites for hydroxylation is 1. The molecule has 0 spiro atoms. The topological polar surface area (TPSA) is 73.2 Å². The highest BCUT2D eigenvalue weighted by atomic mass is 16.5. The van der Waals surface area contributed by atoms with Gasteiger partial charge in [-0.2, -0.15) is 5.10 Å². The zero-order valence-electron chi connectivity index (χ0n) is 10.5. The number of ether oxygens (including phenoxy) is 1. The summed E-state index contributed by atoms with van der Waals surface area (Å²) in [6, 6.07) is 0. The molecule has 1 amide bonds. The highest BCUT2D eigenvalue weighted by Crippen LogP contribution is 2.16. The van der Waals surface area contributed by atoms with E-state index in [1.807, 2.05) is 0 Å². The Hall–Kier alpha value is -1.85. The van der Waals surface area contributed by atoms with Gasteiger partial charge in [0.25, 0.3) is 0 Å². The molecule has 1 aromatic heterocycles. The summed E-state index contributed by atoms with van der Waals surface area (Å²) in [4.78, 5) is 23.2. The second kappa shape index (κ2) is 5.47. The number of rotatable bonds is 4. The van der Waals surface area contributed by atoms with Gasteiger partial charge in [-0.25, -0.2) is 4.79 Å². The lowest BCUT2D eigenvalue weighted by Crippen LogP contribution is -2.21. The van der Waals surface area contributed by atoms with Crippen molar-refractivity contribution in [3.63, 3.8) is 0 Å². The molecule has 94 valence electrons. The van der Waals surface area contributed by atoms with Crippen molar-refractivity contribution in [1.29, 1.82) is 0 Å². The van der Waals surface area contributed by atoms with Gasteiger partial charge in [0.2, 0.25) is 5.91 Å².